The number of carbonyl (C=O) groups excluding carboxylic acids is 2. The maximum absolute atomic E-state index is 12.3. The maximum Gasteiger partial charge on any atom is 0.319 e. The van der Waals surface area contributed by atoms with Gasteiger partial charge in [-0.25, -0.2) is 4.79 Å². The lowest BCUT2D eigenvalue weighted by molar-refractivity contribution is -0.121. The fourth-order valence-corrected chi connectivity index (χ4v) is 3.64. The summed E-state index contributed by atoms with van der Waals surface area (Å²) >= 11 is 0. The van der Waals surface area contributed by atoms with Crippen LogP contribution >= 0.6 is 0 Å². The topological polar surface area (TPSA) is 122 Å². The van der Waals surface area contributed by atoms with Crippen molar-refractivity contribution in [2.24, 2.45) is 0 Å². The van der Waals surface area contributed by atoms with Crippen molar-refractivity contribution in [3.05, 3.63) is 54.4 Å². The number of aliphatic hydroxyl groups is 1. The Bertz CT molecular complexity index is 862. The molecule has 9 nitrogen and oxygen atoms in total. The number of anilines is 1. The Morgan fingerprint density at radius 3 is 2.59 bits per heavy atom. The smallest absolute Gasteiger partial charge is 0.319 e. The summed E-state index contributed by atoms with van der Waals surface area (Å²) in [5.74, 6) is 0.650. The number of ether oxygens (including phenoxy) is 2. The first-order valence-corrected chi connectivity index (χ1v) is 10.7. The third kappa shape index (κ3) is 7.21. The summed E-state index contributed by atoms with van der Waals surface area (Å²) < 4.78 is 11.1. The molecule has 2 heterocycles. The number of pyridine rings is 1. The maximum atomic E-state index is 12.3. The number of hydrogen-bond donors (Lipinski definition) is 4. The van der Waals surface area contributed by atoms with Crippen LogP contribution in [0.5, 0.6) is 5.75 Å². The standard InChI is InChI=1S/C23H30N4O5/c1-31-18-4-2-17(3-5-18)26-23(30)27-20-7-6-19(32-21(20)15-28)10-13-25-22(29)14-16-8-11-24-12-9-16/h2-5,8-9,11-12,19-21,28H,6-7,10,13-15H2,1H3,(H,25,29)(H2,26,27,30)/t19-,20-,21+/m0/s1. The van der Waals surface area contributed by atoms with Gasteiger partial charge >= 0.3 is 6.03 Å². The quantitative estimate of drug-likeness (QED) is 0.470. The molecule has 0 aliphatic carbocycles. The molecule has 4 N–H and O–H groups in total. The minimum Gasteiger partial charge on any atom is -0.497 e. The van der Waals surface area contributed by atoms with Crippen LogP contribution in [0.15, 0.2) is 48.8 Å². The Labute approximate surface area is 187 Å². The van der Waals surface area contributed by atoms with Gasteiger partial charge in [-0.3, -0.25) is 9.78 Å². The van der Waals surface area contributed by atoms with Crippen molar-refractivity contribution in [2.75, 3.05) is 25.6 Å². The van der Waals surface area contributed by atoms with E-state index in [0.717, 1.165) is 12.0 Å². The highest BCUT2D eigenvalue weighted by molar-refractivity contribution is 5.89. The van der Waals surface area contributed by atoms with Gasteiger partial charge in [0.2, 0.25) is 5.91 Å². The van der Waals surface area contributed by atoms with E-state index in [1.807, 2.05) is 12.1 Å². The number of urea groups is 1. The molecule has 1 saturated heterocycles. The zero-order valence-corrected chi connectivity index (χ0v) is 18.1. The third-order valence-electron chi connectivity index (χ3n) is 5.36. The van der Waals surface area contributed by atoms with Crippen LogP contribution in [-0.4, -0.2) is 60.5 Å². The average molecular weight is 443 g/mol. The van der Waals surface area contributed by atoms with Crippen LogP contribution in [-0.2, 0) is 16.0 Å². The molecule has 1 fully saturated rings. The number of methoxy groups -OCH3 is 1. The Hall–Kier alpha value is -3.17. The summed E-state index contributed by atoms with van der Waals surface area (Å²) in [5.41, 5.74) is 1.55. The van der Waals surface area contributed by atoms with Gasteiger partial charge in [0.1, 0.15) is 11.9 Å². The molecule has 3 rings (SSSR count). The first-order valence-electron chi connectivity index (χ1n) is 10.7. The highest BCUT2D eigenvalue weighted by Crippen LogP contribution is 2.22. The van der Waals surface area contributed by atoms with Gasteiger partial charge < -0.3 is 30.5 Å². The summed E-state index contributed by atoms with van der Waals surface area (Å²) in [4.78, 5) is 28.3. The van der Waals surface area contributed by atoms with Gasteiger partial charge in [-0.1, -0.05) is 0 Å². The van der Waals surface area contributed by atoms with Gasteiger partial charge in [0.25, 0.3) is 0 Å². The molecule has 1 aromatic carbocycles. The number of nitrogens with zero attached hydrogens (tertiary/aromatic N) is 1. The SMILES string of the molecule is COc1ccc(NC(=O)N[C@H]2CC[C@@H](CCNC(=O)Cc3ccncc3)O[C@@H]2CO)cc1. The summed E-state index contributed by atoms with van der Waals surface area (Å²) in [5, 5.41) is 18.3. The molecular weight excluding hydrogens is 412 g/mol. The lowest BCUT2D eigenvalue weighted by Crippen LogP contribution is -2.52. The second kappa shape index (κ2) is 12.0. The van der Waals surface area contributed by atoms with Gasteiger partial charge in [-0.05, 0) is 61.2 Å². The highest BCUT2D eigenvalue weighted by Gasteiger charge is 2.31. The van der Waals surface area contributed by atoms with Crippen LogP contribution in [0.1, 0.15) is 24.8 Å². The van der Waals surface area contributed by atoms with E-state index in [-0.39, 0.29) is 30.7 Å². The molecule has 3 amide bonds. The number of hydrogen-bond acceptors (Lipinski definition) is 6. The molecule has 1 aromatic heterocycles. The van der Waals surface area contributed by atoms with Gasteiger partial charge in [-0.15, -0.1) is 0 Å². The third-order valence-corrected chi connectivity index (χ3v) is 5.36. The number of aromatic nitrogens is 1. The minimum absolute atomic E-state index is 0.0551. The fraction of sp³-hybridized carbons (Fsp3) is 0.435. The van der Waals surface area contributed by atoms with E-state index in [0.29, 0.717) is 37.2 Å². The van der Waals surface area contributed by atoms with E-state index in [2.05, 4.69) is 20.9 Å². The first-order chi connectivity index (χ1) is 15.6. The van der Waals surface area contributed by atoms with Gasteiger partial charge in [0.05, 0.1) is 32.3 Å². The van der Waals surface area contributed by atoms with E-state index in [9.17, 15) is 14.7 Å². The van der Waals surface area contributed by atoms with Crippen LogP contribution in [0.2, 0.25) is 0 Å². The normalized spacial score (nSPS) is 20.2. The molecule has 32 heavy (non-hydrogen) atoms. The number of nitrogens with one attached hydrogen (secondary N) is 3. The zero-order chi connectivity index (χ0) is 22.8. The minimum atomic E-state index is -0.497. The van der Waals surface area contributed by atoms with Crippen molar-refractivity contribution in [2.45, 2.75) is 43.9 Å². The molecule has 2 aromatic rings. The Balaban J connectivity index is 1.39. The zero-order valence-electron chi connectivity index (χ0n) is 18.1. The average Bonchev–Trinajstić information content (AvgIpc) is 2.81. The monoisotopic (exact) mass is 442 g/mol. The fourth-order valence-electron chi connectivity index (χ4n) is 3.64. The molecule has 1 aliphatic rings. The molecule has 9 heteroatoms. The van der Waals surface area contributed by atoms with E-state index in [4.69, 9.17) is 9.47 Å². The summed E-state index contributed by atoms with van der Waals surface area (Å²) in [6, 6.07) is 9.99. The van der Waals surface area contributed by atoms with Crippen molar-refractivity contribution < 1.29 is 24.2 Å². The van der Waals surface area contributed by atoms with Crippen LogP contribution in [0.3, 0.4) is 0 Å². The molecule has 3 atom stereocenters. The lowest BCUT2D eigenvalue weighted by atomic mass is 9.97. The first kappa shape index (κ1) is 23.5. The summed E-state index contributed by atoms with van der Waals surface area (Å²) in [7, 11) is 1.58. The van der Waals surface area contributed by atoms with E-state index < -0.39 is 6.10 Å². The van der Waals surface area contributed by atoms with Crippen molar-refractivity contribution in [3.63, 3.8) is 0 Å². The van der Waals surface area contributed by atoms with Gasteiger partial charge in [0, 0.05) is 24.6 Å². The largest absolute Gasteiger partial charge is 0.497 e. The second-order valence-corrected chi connectivity index (χ2v) is 7.66. The van der Waals surface area contributed by atoms with Crippen molar-refractivity contribution in [3.8, 4) is 5.75 Å². The molecule has 0 radical (unpaired) electrons. The molecule has 0 bridgehead atoms. The Morgan fingerprint density at radius 2 is 1.91 bits per heavy atom. The molecule has 1 aliphatic heterocycles. The number of aliphatic hydroxyl groups excluding tert-OH is 1. The molecule has 0 unspecified atom stereocenters. The number of amides is 3. The van der Waals surface area contributed by atoms with Crippen LogP contribution in [0.4, 0.5) is 10.5 Å². The van der Waals surface area contributed by atoms with E-state index in [1.54, 1.807) is 43.8 Å². The van der Waals surface area contributed by atoms with Gasteiger partial charge in [0.15, 0.2) is 0 Å². The van der Waals surface area contributed by atoms with Gasteiger partial charge in [-0.2, -0.15) is 0 Å². The van der Waals surface area contributed by atoms with Crippen molar-refractivity contribution in [1.29, 1.82) is 0 Å². The Kier molecular flexibility index (Phi) is 8.82. The molecule has 0 spiro atoms. The highest BCUT2D eigenvalue weighted by atomic mass is 16.5. The Morgan fingerprint density at radius 1 is 1.16 bits per heavy atom. The van der Waals surface area contributed by atoms with Crippen molar-refractivity contribution in [1.82, 2.24) is 15.6 Å². The predicted molar refractivity (Wildman–Crippen MR) is 119 cm³/mol. The predicted octanol–water partition coefficient (Wildman–Crippen LogP) is 1.87. The van der Waals surface area contributed by atoms with Crippen LogP contribution in [0, 0.1) is 0 Å². The molecule has 172 valence electrons. The number of carbonyl (C=O) groups is 2. The van der Waals surface area contributed by atoms with Crippen molar-refractivity contribution >= 4 is 17.6 Å². The summed E-state index contributed by atoms with van der Waals surface area (Å²) in [6.45, 7) is 0.293. The number of rotatable bonds is 9. The van der Waals surface area contributed by atoms with Crippen LogP contribution < -0.4 is 20.7 Å². The molecular formula is C23H30N4O5. The van der Waals surface area contributed by atoms with E-state index in [1.165, 1.54) is 0 Å². The van der Waals surface area contributed by atoms with E-state index >= 15 is 0 Å². The summed E-state index contributed by atoms with van der Waals surface area (Å²) in [6.07, 6.45) is 5.09. The second-order valence-electron chi connectivity index (χ2n) is 7.66. The number of benzene rings is 1. The van der Waals surface area contributed by atoms with Crippen LogP contribution in [0.25, 0.3) is 0 Å². The lowest BCUT2D eigenvalue weighted by Gasteiger charge is -2.36. The molecule has 0 saturated carbocycles.